The van der Waals surface area contributed by atoms with E-state index in [0.29, 0.717) is 10.9 Å². The summed E-state index contributed by atoms with van der Waals surface area (Å²) in [4.78, 5) is 40.4. The van der Waals surface area contributed by atoms with Gasteiger partial charge in [-0.25, -0.2) is 4.79 Å². The normalized spacial score (nSPS) is 12.5. The average molecular weight is 391 g/mol. The van der Waals surface area contributed by atoms with Gasteiger partial charge in [0.15, 0.2) is 0 Å². The number of nitrogens with zero attached hydrogens (tertiary/aromatic N) is 2. The Bertz CT molecular complexity index is 1360. The van der Waals surface area contributed by atoms with Crippen LogP contribution in [0.15, 0.2) is 58.3 Å². The molecule has 0 aliphatic heterocycles. The lowest BCUT2D eigenvalue weighted by molar-refractivity contribution is -0.137. The van der Waals surface area contributed by atoms with E-state index < -0.39 is 17.2 Å². The first-order chi connectivity index (χ1) is 13.9. The van der Waals surface area contributed by atoms with Gasteiger partial charge < -0.3 is 10.1 Å². The number of carboxylic acids is 1. The monoisotopic (exact) mass is 391 g/mol. The summed E-state index contributed by atoms with van der Waals surface area (Å²) >= 11 is 0. The third-order valence-electron chi connectivity index (χ3n) is 5.41. The molecule has 1 atom stereocenters. The third-order valence-corrected chi connectivity index (χ3v) is 5.41. The SMILES string of the molecule is Cc1cccc2[nH]cc([C@H](C)n3c(=O)n(CCC(=O)O)c(=O)c4ccccc43)c12. The van der Waals surface area contributed by atoms with Crippen molar-refractivity contribution in [1.29, 1.82) is 0 Å². The Hall–Kier alpha value is -3.61. The van der Waals surface area contributed by atoms with E-state index >= 15 is 0 Å². The molecule has 2 aromatic heterocycles. The topological polar surface area (TPSA) is 97.1 Å². The molecule has 0 amide bonds. The van der Waals surface area contributed by atoms with Gasteiger partial charge in [0.1, 0.15) is 0 Å². The summed E-state index contributed by atoms with van der Waals surface area (Å²) in [5, 5.41) is 10.4. The summed E-state index contributed by atoms with van der Waals surface area (Å²) < 4.78 is 2.60. The predicted molar refractivity (Wildman–Crippen MR) is 112 cm³/mol. The highest BCUT2D eigenvalue weighted by atomic mass is 16.4. The fourth-order valence-electron chi connectivity index (χ4n) is 3.98. The number of para-hydroxylation sites is 1. The minimum atomic E-state index is -1.06. The zero-order valence-electron chi connectivity index (χ0n) is 16.2. The molecule has 29 heavy (non-hydrogen) atoms. The molecular weight excluding hydrogens is 370 g/mol. The Balaban J connectivity index is 2.00. The molecule has 4 rings (SSSR count). The van der Waals surface area contributed by atoms with Gasteiger partial charge in [-0.3, -0.25) is 18.7 Å². The molecule has 0 aliphatic rings. The number of aliphatic carboxylic acids is 1. The lowest BCUT2D eigenvalue weighted by atomic mass is 10.0. The van der Waals surface area contributed by atoms with Crippen molar-refractivity contribution >= 4 is 27.8 Å². The van der Waals surface area contributed by atoms with Crippen LogP contribution in [0.1, 0.15) is 30.5 Å². The number of hydrogen-bond donors (Lipinski definition) is 2. The maximum absolute atomic E-state index is 13.3. The number of benzene rings is 2. The summed E-state index contributed by atoms with van der Waals surface area (Å²) in [5.74, 6) is -1.06. The van der Waals surface area contributed by atoms with Crippen LogP contribution in [0.25, 0.3) is 21.8 Å². The molecule has 0 fully saturated rings. The minimum Gasteiger partial charge on any atom is -0.481 e. The van der Waals surface area contributed by atoms with Crippen molar-refractivity contribution in [2.75, 3.05) is 0 Å². The van der Waals surface area contributed by atoms with Crippen LogP contribution in [0.5, 0.6) is 0 Å². The predicted octanol–water partition coefficient (Wildman–Crippen LogP) is 3.04. The molecule has 0 aliphatic carbocycles. The van der Waals surface area contributed by atoms with Gasteiger partial charge in [0.2, 0.25) is 0 Å². The number of hydrogen-bond acceptors (Lipinski definition) is 3. The number of aryl methyl sites for hydroxylation is 1. The van der Waals surface area contributed by atoms with Crippen molar-refractivity contribution in [3.63, 3.8) is 0 Å². The second kappa shape index (κ2) is 7.09. The van der Waals surface area contributed by atoms with Gasteiger partial charge in [-0.2, -0.15) is 0 Å². The van der Waals surface area contributed by atoms with E-state index in [9.17, 15) is 14.4 Å². The van der Waals surface area contributed by atoms with Gasteiger partial charge in [-0.05, 0) is 37.6 Å². The van der Waals surface area contributed by atoms with E-state index in [4.69, 9.17) is 5.11 Å². The molecule has 0 unspecified atom stereocenters. The van der Waals surface area contributed by atoms with Gasteiger partial charge in [0.05, 0.1) is 23.4 Å². The Morgan fingerprint density at radius 1 is 1.14 bits per heavy atom. The molecule has 0 saturated carbocycles. The second-order valence-electron chi connectivity index (χ2n) is 7.19. The van der Waals surface area contributed by atoms with E-state index in [1.807, 2.05) is 38.2 Å². The summed E-state index contributed by atoms with van der Waals surface area (Å²) in [5.41, 5.74) is 2.56. The number of carbonyl (C=O) groups is 1. The number of H-pyrrole nitrogens is 1. The van der Waals surface area contributed by atoms with Gasteiger partial charge in [-0.1, -0.05) is 24.3 Å². The number of rotatable bonds is 5. The molecule has 7 nitrogen and oxygen atoms in total. The van der Waals surface area contributed by atoms with Gasteiger partial charge in [0.25, 0.3) is 5.56 Å². The zero-order valence-corrected chi connectivity index (χ0v) is 16.2. The summed E-state index contributed by atoms with van der Waals surface area (Å²) in [6.45, 7) is 3.76. The van der Waals surface area contributed by atoms with Crippen molar-refractivity contribution < 1.29 is 9.90 Å². The van der Waals surface area contributed by atoms with E-state index in [2.05, 4.69) is 4.98 Å². The highest BCUT2D eigenvalue weighted by Crippen LogP contribution is 2.29. The van der Waals surface area contributed by atoms with Crippen LogP contribution in [0.4, 0.5) is 0 Å². The van der Waals surface area contributed by atoms with E-state index in [-0.39, 0.29) is 19.0 Å². The number of aromatic nitrogens is 3. The Morgan fingerprint density at radius 3 is 2.66 bits per heavy atom. The van der Waals surface area contributed by atoms with Crippen LogP contribution >= 0.6 is 0 Å². The largest absolute Gasteiger partial charge is 0.481 e. The molecule has 2 aromatic carbocycles. The molecular formula is C22H21N3O4. The molecule has 148 valence electrons. The van der Waals surface area contributed by atoms with Crippen LogP contribution in [-0.4, -0.2) is 25.2 Å². The lowest BCUT2D eigenvalue weighted by Gasteiger charge is -2.20. The zero-order chi connectivity index (χ0) is 20.7. The van der Waals surface area contributed by atoms with Crippen LogP contribution in [-0.2, 0) is 11.3 Å². The average Bonchev–Trinajstić information content (AvgIpc) is 3.13. The maximum atomic E-state index is 13.3. The molecule has 0 spiro atoms. The van der Waals surface area contributed by atoms with Gasteiger partial charge in [0, 0.05) is 29.2 Å². The highest BCUT2D eigenvalue weighted by Gasteiger charge is 2.21. The fourth-order valence-corrected chi connectivity index (χ4v) is 3.98. The van der Waals surface area contributed by atoms with Crippen LogP contribution in [0.2, 0.25) is 0 Å². The maximum Gasteiger partial charge on any atom is 0.332 e. The third kappa shape index (κ3) is 3.04. The highest BCUT2D eigenvalue weighted by molar-refractivity contribution is 5.87. The van der Waals surface area contributed by atoms with Gasteiger partial charge in [-0.15, -0.1) is 0 Å². The van der Waals surface area contributed by atoms with E-state index in [0.717, 1.165) is 26.6 Å². The molecule has 0 radical (unpaired) electrons. The number of nitrogens with one attached hydrogen (secondary N) is 1. The number of fused-ring (bicyclic) bond motifs is 2. The second-order valence-corrected chi connectivity index (χ2v) is 7.19. The lowest BCUT2D eigenvalue weighted by Crippen LogP contribution is -2.41. The molecule has 4 aromatic rings. The molecule has 7 heteroatoms. The quantitative estimate of drug-likeness (QED) is 0.546. The fraction of sp³-hybridized carbons (Fsp3) is 0.227. The first-order valence-electron chi connectivity index (χ1n) is 9.42. The molecule has 2 heterocycles. The number of carboxylic acid groups (broad SMARTS) is 1. The smallest absolute Gasteiger partial charge is 0.332 e. The Labute approximate surface area is 165 Å². The van der Waals surface area contributed by atoms with Crippen LogP contribution < -0.4 is 11.2 Å². The van der Waals surface area contributed by atoms with E-state index in [1.54, 1.807) is 28.8 Å². The Kier molecular flexibility index (Phi) is 4.58. The van der Waals surface area contributed by atoms with Gasteiger partial charge >= 0.3 is 11.7 Å². The van der Waals surface area contributed by atoms with Crippen molar-refractivity contribution in [3.8, 4) is 0 Å². The van der Waals surface area contributed by atoms with Crippen molar-refractivity contribution in [1.82, 2.24) is 14.1 Å². The molecule has 0 saturated heterocycles. The summed E-state index contributed by atoms with van der Waals surface area (Å²) in [6, 6.07) is 12.5. The van der Waals surface area contributed by atoms with Crippen molar-refractivity contribution in [2.24, 2.45) is 0 Å². The minimum absolute atomic E-state index is 0.169. The summed E-state index contributed by atoms with van der Waals surface area (Å²) in [6.07, 6.45) is 1.59. The molecule has 0 bridgehead atoms. The summed E-state index contributed by atoms with van der Waals surface area (Å²) in [7, 11) is 0. The number of aromatic amines is 1. The van der Waals surface area contributed by atoms with Crippen molar-refractivity contribution in [3.05, 3.63) is 80.6 Å². The van der Waals surface area contributed by atoms with Crippen molar-refractivity contribution in [2.45, 2.75) is 32.9 Å². The molecule has 2 N–H and O–H groups in total. The van der Waals surface area contributed by atoms with Crippen LogP contribution in [0.3, 0.4) is 0 Å². The van der Waals surface area contributed by atoms with Crippen LogP contribution in [0, 0.1) is 6.92 Å². The van der Waals surface area contributed by atoms with E-state index in [1.165, 1.54) is 0 Å². The Morgan fingerprint density at radius 2 is 1.90 bits per heavy atom. The standard InChI is InChI=1S/C22H21N3O4/c1-13-6-5-8-17-20(13)16(12-23-17)14(2)25-18-9-4-3-7-15(18)21(28)24(22(25)29)11-10-19(26)27/h3-9,12,14,23H,10-11H2,1-2H3,(H,26,27)/t14-/m0/s1. The first kappa shape index (κ1) is 18.7. The first-order valence-corrected chi connectivity index (χ1v) is 9.42.